The van der Waals surface area contributed by atoms with Gasteiger partial charge < -0.3 is 9.88 Å². The van der Waals surface area contributed by atoms with Gasteiger partial charge in [-0.3, -0.25) is 9.59 Å². The first kappa shape index (κ1) is 18.1. The first-order valence-corrected chi connectivity index (χ1v) is 10.8. The molecule has 2 aromatic carbocycles. The van der Waals surface area contributed by atoms with Crippen LogP contribution in [-0.2, 0) is 24.2 Å². The molecule has 0 saturated heterocycles. The monoisotopic (exact) mass is 403 g/mol. The van der Waals surface area contributed by atoms with E-state index in [1.165, 1.54) is 24.1 Å². The van der Waals surface area contributed by atoms with Gasteiger partial charge in [-0.05, 0) is 49.9 Å². The van der Waals surface area contributed by atoms with E-state index in [0.29, 0.717) is 15.9 Å². The first-order chi connectivity index (χ1) is 14.2. The second-order valence-corrected chi connectivity index (χ2v) is 8.53. The Bertz CT molecular complexity index is 1210. The van der Waals surface area contributed by atoms with Crippen LogP contribution in [0.2, 0.25) is 0 Å². The first-order valence-electron chi connectivity index (χ1n) is 9.99. The number of aromatic nitrogens is 2. The van der Waals surface area contributed by atoms with Gasteiger partial charge in [0.1, 0.15) is 6.54 Å². The number of aryl methyl sites for hydroxylation is 2. The van der Waals surface area contributed by atoms with Crippen LogP contribution in [0.15, 0.2) is 53.3 Å². The number of anilines is 1. The maximum Gasteiger partial charge on any atom is 0.246 e. The lowest BCUT2D eigenvalue weighted by Gasteiger charge is -2.14. The minimum Gasteiger partial charge on any atom is -0.331 e. The van der Waals surface area contributed by atoms with Gasteiger partial charge in [-0.2, -0.15) is 0 Å². The summed E-state index contributed by atoms with van der Waals surface area (Å²) in [5.74, 6) is -0.132. The summed E-state index contributed by atoms with van der Waals surface area (Å²) in [5, 5.41) is 4.91. The predicted molar refractivity (Wildman–Crippen MR) is 118 cm³/mol. The van der Waals surface area contributed by atoms with Crippen LogP contribution in [0.5, 0.6) is 0 Å². The van der Waals surface area contributed by atoms with Crippen LogP contribution >= 0.6 is 11.3 Å². The molecule has 2 heterocycles. The number of carbonyl (C=O) groups excluding carboxylic acids is 1. The number of amides is 1. The predicted octanol–water partition coefficient (Wildman–Crippen LogP) is 4.52. The zero-order valence-corrected chi connectivity index (χ0v) is 16.8. The number of hydrogen-bond donors (Lipinski definition) is 1. The molecule has 5 rings (SSSR count). The number of rotatable bonds is 3. The molecule has 1 aliphatic rings. The lowest BCUT2D eigenvalue weighted by atomic mass is 10.1. The number of carbonyl (C=O) groups is 1. The second-order valence-electron chi connectivity index (χ2n) is 7.45. The molecular weight excluding hydrogens is 382 g/mol. The maximum absolute atomic E-state index is 12.9. The molecule has 1 N–H and O–H groups in total. The van der Waals surface area contributed by atoms with Gasteiger partial charge in [0.05, 0.1) is 16.7 Å². The average Bonchev–Trinajstić information content (AvgIpc) is 2.98. The van der Waals surface area contributed by atoms with Gasteiger partial charge in [-0.15, -0.1) is 11.3 Å². The lowest BCUT2D eigenvalue weighted by molar-refractivity contribution is -0.116. The van der Waals surface area contributed by atoms with E-state index in [2.05, 4.69) is 10.3 Å². The highest BCUT2D eigenvalue weighted by molar-refractivity contribution is 7.15. The molecule has 0 fully saturated rings. The van der Waals surface area contributed by atoms with Gasteiger partial charge in [0, 0.05) is 15.6 Å². The molecule has 1 aliphatic carbocycles. The Morgan fingerprint density at radius 1 is 0.966 bits per heavy atom. The average molecular weight is 404 g/mol. The van der Waals surface area contributed by atoms with Crippen molar-refractivity contribution < 1.29 is 4.79 Å². The van der Waals surface area contributed by atoms with Crippen molar-refractivity contribution in [2.75, 3.05) is 5.32 Å². The van der Waals surface area contributed by atoms with Crippen LogP contribution in [0, 0.1) is 0 Å². The summed E-state index contributed by atoms with van der Waals surface area (Å²) < 4.78 is 1.92. The number of fused-ring (bicyclic) bond motifs is 3. The van der Waals surface area contributed by atoms with Crippen molar-refractivity contribution in [2.24, 2.45) is 0 Å². The Balaban J connectivity index is 1.50. The normalized spacial score (nSPS) is 13.9. The molecule has 2 aromatic heterocycles. The third-order valence-electron chi connectivity index (χ3n) is 5.52. The van der Waals surface area contributed by atoms with Crippen LogP contribution in [0.25, 0.3) is 21.8 Å². The Kier molecular flexibility index (Phi) is 4.64. The van der Waals surface area contributed by atoms with Gasteiger partial charge in [0.25, 0.3) is 0 Å². The van der Waals surface area contributed by atoms with E-state index in [-0.39, 0.29) is 17.9 Å². The summed E-state index contributed by atoms with van der Waals surface area (Å²) in [4.78, 5) is 31.7. The van der Waals surface area contributed by atoms with Crippen molar-refractivity contribution >= 4 is 44.2 Å². The molecule has 0 radical (unpaired) electrons. The van der Waals surface area contributed by atoms with Gasteiger partial charge in [0.2, 0.25) is 5.91 Å². The largest absolute Gasteiger partial charge is 0.331 e. The molecule has 4 aromatic rings. The van der Waals surface area contributed by atoms with Gasteiger partial charge in [0.15, 0.2) is 10.6 Å². The Labute approximate surface area is 172 Å². The van der Waals surface area contributed by atoms with Crippen molar-refractivity contribution in [2.45, 2.75) is 38.6 Å². The number of nitrogens with one attached hydrogen (secondary N) is 1. The SMILES string of the molecule is O=C(Cn1c2ccccc2c(=O)c2ccccc21)Nc1nc2c(s1)CCCCC2. The van der Waals surface area contributed by atoms with Crippen molar-refractivity contribution in [3.63, 3.8) is 0 Å². The van der Waals surface area contributed by atoms with Gasteiger partial charge >= 0.3 is 0 Å². The minimum absolute atomic E-state index is 0.00322. The number of thiazole rings is 1. The van der Waals surface area contributed by atoms with Crippen LogP contribution in [-0.4, -0.2) is 15.5 Å². The molecule has 0 aliphatic heterocycles. The molecule has 5 nitrogen and oxygen atoms in total. The molecule has 146 valence electrons. The molecule has 0 bridgehead atoms. The van der Waals surface area contributed by atoms with Crippen LogP contribution in [0.3, 0.4) is 0 Å². The number of hydrogen-bond acceptors (Lipinski definition) is 4. The highest BCUT2D eigenvalue weighted by Crippen LogP contribution is 2.29. The highest BCUT2D eigenvalue weighted by Gasteiger charge is 2.17. The zero-order chi connectivity index (χ0) is 19.8. The number of pyridine rings is 1. The van der Waals surface area contributed by atoms with Crippen LogP contribution in [0.1, 0.15) is 29.8 Å². The summed E-state index contributed by atoms with van der Waals surface area (Å²) in [5.41, 5.74) is 2.67. The minimum atomic E-state index is -0.132. The number of benzene rings is 2. The fourth-order valence-corrected chi connectivity index (χ4v) is 5.20. The Morgan fingerprint density at radius 2 is 1.62 bits per heavy atom. The summed E-state index contributed by atoms with van der Waals surface area (Å²) >= 11 is 1.59. The van der Waals surface area contributed by atoms with E-state index < -0.39 is 0 Å². The van der Waals surface area contributed by atoms with Crippen molar-refractivity contribution in [1.29, 1.82) is 0 Å². The van der Waals surface area contributed by atoms with E-state index >= 15 is 0 Å². The molecule has 0 unspecified atom stereocenters. The summed E-state index contributed by atoms with van der Waals surface area (Å²) in [7, 11) is 0. The zero-order valence-electron chi connectivity index (χ0n) is 16.0. The van der Waals surface area contributed by atoms with E-state index in [1.807, 2.05) is 53.1 Å². The maximum atomic E-state index is 12.9. The fourth-order valence-electron chi connectivity index (χ4n) is 4.13. The fraction of sp³-hybridized carbons (Fsp3) is 0.261. The molecule has 6 heteroatoms. The van der Waals surface area contributed by atoms with Crippen LogP contribution < -0.4 is 10.7 Å². The Morgan fingerprint density at radius 3 is 2.34 bits per heavy atom. The summed E-state index contributed by atoms with van der Waals surface area (Å²) in [6.45, 7) is 0.131. The third kappa shape index (κ3) is 3.34. The Hall–Kier alpha value is -2.99. The van der Waals surface area contributed by atoms with Crippen molar-refractivity contribution in [1.82, 2.24) is 9.55 Å². The molecule has 0 spiro atoms. The molecule has 1 amide bonds. The van der Waals surface area contributed by atoms with E-state index in [0.717, 1.165) is 29.6 Å². The van der Waals surface area contributed by atoms with E-state index in [4.69, 9.17) is 0 Å². The van der Waals surface area contributed by atoms with E-state index in [9.17, 15) is 9.59 Å². The lowest BCUT2D eigenvalue weighted by Crippen LogP contribution is -2.21. The highest BCUT2D eigenvalue weighted by atomic mass is 32.1. The van der Waals surface area contributed by atoms with Crippen LogP contribution in [0.4, 0.5) is 5.13 Å². The molecule has 0 saturated carbocycles. The number of nitrogens with zero attached hydrogens (tertiary/aromatic N) is 2. The van der Waals surface area contributed by atoms with Gasteiger partial charge in [-0.25, -0.2) is 4.98 Å². The van der Waals surface area contributed by atoms with E-state index in [1.54, 1.807) is 11.3 Å². The third-order valence-corrected chi connectivity index (χ3v) is 6.60. The smallest absolute Gasteiger partial charge is 0.246 e. The van der Waals surface area contributed by atoms with Crippen molar-refractivity contribution in [3.05, 3.63) is 69.3 Å². The standard InChI is InChI=1S/C23H21N3O2S/c27-21(25-23-24-17-10-2-1-3-13-20(17)29-23)14-26-18-11-6-4-8-15(18)22(28)16-9-5-7-12-19(16)26/h4-9,11-12H,1-3,10,13-14H2,(H,24,25,27). The summed E-state index contributed by atoms with van der Waals surface area (Å²) in [6.07, 6.45) is 5.66. The molecular formula is C23H21N3O2S. The van der Waals surface area contributed by atoms with Gasteiger partial charge in [-0.1, -0.05) is 30.7 Å². The van der Waals surface area contributed by atoms with Crippen molar-refractivity contribution in [3.8, 4) is 0 Å². The number of para-hydroxylation sites is 2. The molecule has 29 heavy (non-hydrogen) atoms. The topological polar surface area (TPSA) is 64.0 Å². The molecule has 0 atom stereocenters. The summed E-state index contributed by atoms with van der Waals surface area (Å²) in [6, 6.07) is 14.9. The second kappa shape index (κ2) is 7.44. The quantitative estimate of drug-likeness (QED) is 0.404.